The number of nitrogens with zero attached hydrogens (tertiary/aromatic N) is 1. The predicted molar refractivity (Wildman–Crippen MR) is 67.7 cm³/mol. The molecule has 96 valence electrons. The number of imidazole rings is 1. The highest BCUT2D eigenvalue weighted by Crippen LogP contribution is 2.26. The first kappa shape index (κ1) is 12.6. The van der Waals surface area contributed by atoms with Crippen LogP contribution < -0.4 is 5.32 Å². The second-order valence-electron chi connectivity index (χ2n) is 5.24. The van der Waals surface area contributed by atoms with E-state index in [1.165, 1.54) is 12.8 Å². The van der Waals surface area contributed by atoms with Crippen LogP contribution in [-0.2, 0) is 6.54 Å². The van der Waals surface area contributed by atoms with Crippen LogP contribution in [0.4, 0.5) is 0 Å². The highest BCUT2D eigenvalue weighted by atomic mass is 16.3. The lowest BCUT2D eigenvalue weighted by molar-refractivity contribution is 0.0250. The van der Waals surface area contributed by atoms with E-state index >= 15 is 0 Å². The average molecular weight is 237 g/mol. The van der Waals surface area contributed by atoms with Crippen LogP contribution in [0.1, 0.15) is 50.0 Å². The first-order chi connectivity index (χ1) is 8.18. The van der Waals surface area contributed by atoms with Gasteiger partial charge in [-0.25, -0.2) is 4.98 Å². The second kappa shape index (κ2) is 5.65. The highest BCUT2D eigenvalue weighted by Gasteiger charge is 2.27. The summed E-state index contributed by atoms with van der Waals surface area (Å²) >= 11 is 0. The lowest BCUT2D eigenvalue weighted by atomic mass is 9.94. The quantitative estimate of drug-likeness (QED) is 0.701. The Morgan fingerprint density at radius 3 is 2.65 bits per heavy atom. The smallest absolute Gasteiger partial charge is 0.103 e. The Labute approximate surface area is 103 Å². The van der Waals surface area contributed by atoms with Crippen molar-refractivity contribution in [3.63, 3.8) is 0 Å². The monoisotopic (exact) mass is 237 g/mol. The molecule has 1 heterocycles. The molecule has 4 heteroatoms. The van der Waals surface area contributed by atoms with Crippen molar-refractivity contribution >= 4 is 0 Å². The van der Waals surface area contributed by atoms with Gasteiger partial charge in [-0.1, -0.05) is 25.7 Å². The van der Waals surface area contributed by atoms with Crippen molar-refractivity contribution in [3.8, 4) is 0 Å². The third-order valence-corrected chi connectivity index (χ3v) is 3.56. The summed E-state index contributed by atoms with van der Waals surface area (Å²) in [5.41, 5.74) is 0.589. The zero-order valence-electron chi connectivity index (χ0n) is 10.6. The van der Waals surface area contributed by atoms with E-state index < -0.39 is 5.60 Å². The number of hydrogen-bond donors (Lipinski definition) is 3. The van der Waals surface area contributed by atoms with Gasteiger partial charge in [0, 0.05) is 25.0 Å². The number of hydrogen-bond acceptors (Lipinski definition) is 3. The molecular formula is C13H23N3O. The summed E-state index contributed by atoms with van der Waals surface area (Å²) in [4.78, 5) is 7.34. The van der Waals surface area contributed by atoms with E-state index in [1.54, 1.807) is 0 Å². The van der Waals surface area contributed by atoms with E-state index in [9.17, 15) is 5.11 Å². The maximum Gasteiger partial charge on any atom is 0.103 e. The molecule has 0 bridgehead atoms. The molecule has 0 saturated heterocycles. The van der Waals surface area contributed by atoms with Gasteiger partial charge in [0.15, 0.2) is 0 Å². The Morgan fingerprint density at radius 1 is 1.35 bits per heavy atom. The molecule has 3 N–H and O–H groups in total. The Hall–Kier alpha value is -0.870. The SMILES string of the molecule is Cc1ncc(CNCC2(O)CCCCCC2)[nH]1. The molecule has 4 nitrogen and oxygen atoms in total. The summed E-state index contributed by atoms with van der Waals surface area (Å²) in [5.74, 6) is 0.940. The van der Waals surface area contributed by atoms with Crippen molar-refractivity contribution in [2.75, 3.05) is 6.54 Å². The largest absolute Gasteiger partial charge is 0.389 e. The number of aliphatic hydroxyl groups is 1. The molecule has 0 unspecified atom stereocenters. The van der Waals surface area contributed by atoms with Crippen molar-refractivity contribution in [2.24, 2.45) is 0 Å². The van der Waals surface area contributed by atoms with Crippen LogP contribution in [0.15, 0.2) is 6.20 Å². The van der Waals surface area contributed by atoms with Crippen LogP contribution in [-0.4, -0.2) is 27.2 Å². The fraction of sp³-hybridized carbons (Fsp3) is 0.769. The van der Waals surface area contributed by atoms with E-state index in [4.69, 9.17) is 0 Å². The first-order valence-electron chi connectivity index (χ1n) is 6.62. The standard InChI is InChI=1S/C13H23N3O/c1-11-15-9-12(16-11)8-14-10-13(17)6-4-2-3-5-7-13/h9,14,17H,2-8,10H2,1H3,(H,15,16). The van der Waals surface area contributed by atoms with Crippen LogP contribution in [0.5, 0.6) is 0 Å². The predicted octanol–water partition coefficient (Wildman–Crippen LogP) is 1.89. The molecule has 17 heavy (non-hydrogen) atoms. The summed E-state index contributed by atoms with van der Waals surface area (Å²) in [6, 6.07) is 0. The number of rotatable bonds is 4. The Morgan fingerprint density at radius 2 is 2.06 bits per heavy atom. The fourth-order valence-electron chi connectivity index (χ4n) is 2.55. The van der Waals surface area contributed by atoms with Gasteiger partial charge < -0.3 is 15.4 Å². The van der Waals surface area contributed by atoms with Gasteiger partial charge >= 0.3 is 0 Å². The molecule has 0 aliphatic heterocycles. The zero-order chi connectivity index (χ0) is 12.1. The minimum atomic E-state index is -0.494. The van der Waals surface area contributed by atoms with E-state index in [1.807, 2.05) is 13.1 Å². The number of H-pyrrole nitrogens is 1. The van der Waals surface area contributed by atoms with E-state index in [2.05, 4.69) is 15.3 Å². The number of aromatic amines is 1. The Bertz CT molecular complexity index is 340. The van der Waals surface area contributed by atoms with E-state index in [0.717, 1.165) is 43.7 Å². The van der Waals surface area contributed by atoms with Crippen molar-refractivity contribution in [3.05, 3.63) is 17.7 Å². The molecule has 1 aromatic rings. The molecule has 1 fully saturated rings. The second-order valence-corrected chi connectivity index (χ2v) is 5.24. The van der Waals surface area contributed by atoms with Gasteiger partial charge in [-0.2, -0.15) is 0 Å². The van der Waals surface area contributed by atoms with Gasteiger partial charge in [0.1, 0.15) is 5.82 Å². The molecule has 0 amide bonds. The highest BCUT2D eigenvalue weighted by molar-refractivity contribution is 4.99. The van der Waals surface area contributed by atoms with Gasteiger partial charge in [0.05, 0.1) is 5.60 Å². The van der Waals surface area contributed by atoms with Crippen molar-refractivity contribution in [1.82, 2.24) is 15.3 Å². The molecule has 0 aromatic carbocycles. The molecule has 0 spiro atoms. The summed E-state index contributed by atoms with van der Waals surface area (Å²) < 4.78 is 0. The van der Waals surface area contributed by atoms with Crippen LogP contribution >= 0.6 is 0 Å². The molecule has 0 radical (unpaired) electrons. The summed E-state index contributed by atoms with van der Waals surface area (Å²) in [7, 11) is 0. The van der Waals surface area contributed by atoms with E-state index in [0.29, 0.717) is 6.54 Å². The number of nitrogens with one attached hydrogen (secondary N) is 2. The molecule has 1 aliphatic rings. The normalized spacial score (nSPS) is 20.1. The Kier molecular flexibility index (Phi) is 4.18. The van der Waals surface area contributed by atoms with Gasteiger partial charge in [-0.3, -0.25) is 0 Å². The van der Waals surface area contributed by atoms with Crippen LogP contribution in [0, 0.1) is 6.92 Å². The third-order valence-electron chi connectivity index (χ3n) is 3.56. The average Bonchev–Trinajstić information content (AvgIpc) is 2.58. The van der Waals surface area contributed by atoms with E-state index in [-0.39, 0.29) is 0 Å². The third kappa shape index (κ3) is 3.82. The first-order valence-corrected chi connectivity index (χ1v) is 6.62. The van der Waals surface area contributed by atoms with Gasteiger partial charge in [-0.15, -0.1) is 0 Å². The number of aromatic nitrogens is 2. The minimum Gasteiger partial charge on any atom is -0.389 e. The minimum absolute atomic E-state index is 0.494. The van der Waals surface area contributed by atoms with Crippen molar-refractivity contribution < 1.29 is 5.11 Å². The van der Waals surface area contributed by atoms with Gasteiger partial charge in [0.2, 0.25) is 0 Å². The summed E-state index contributed by atoms with van der Waals surface area (Å²) in [6.07, 6.45) is 8.55. The maximum atomic E-state index is 10.4. The molecule has 1 aromatic heterocycles. The molecule has 1 saturated carbocycles. The fourth-order valence-corrected chi connectivity index (χ4v) is 2.55. The Balaban J connectivity index is 1.76. The molecular weight excluding hydrogens is 214 g/mol. The zero-order valence-corrected chi connectivity index (χ0v) is 10.6. The van der Waals surface area contributed by atoms with Gasteiger partial charge in [-0.05, 0) is 19.8 Å². The van der Waals surface area contributed by atoms with Crippen molar-refractivity contribution in [2.45, 2.75) is 57.6 Å². The molecule has 1 aliphatic carbocycles. The summed E-state index contributed by atoms with van der Waals surface area (Å²) in [6.45, 7) is 3.39. The number of aryl methyl sites for hydroxylation is 1. The summed E-state index contributed by atoms with van der Waals surface area (Å²) in [5, 5.41) is 13.8. The molecule has 2 rings (SSSR count). The lowest BCUT2D eigenvalue weighted by Crippen LogP contribution is -2.39. The lowest BCUT2D eigenvalue weighted by Gasteiger charge is -2.26. The van der Waals surface area contributed by atoms with Crippen LogP contribution in [0.2, 0.25) is 0 Å². The van der Waals surface area contributed by atoms with Crippen LogP contribution in [0.3, 0.4) is 0 Å². The van der Waals surface area contributed by atoms with Gasteiger partial charge in [0.25, 0.3) is 0 Å². The van der Waals surface area contributed by atoms with Crippen molar-refractivity contribution in [1.29, 1.82) is 0 Å². The maximum absolute atomic E-state index is 10.4. The topological polar surface area (TPSA) is 60.9 Å². The molecule has 0 atom stereocenters. The van der Waals surface area contributed by atoms with Crippen LogP contribution in [0.25, 0.3) is 0 Å².